The summed E-state index contributed by atoms with van der Waals surface area (Å²) in [6.07, 6.45) is 0. The van der Waals surface area contributed by atoms with Crippen LogP contribution in [0, 0.1) is 18.3 Å². The zero-order chi connectivity index (χ0) is 22.3. The Morgan fingerprint density at radius 1 is 1.22 bits per heavy atom. The first kappa shape index (κ1) is 22.0. The summed E-state index contributed by atoms with van der Waals surface area (Å²) in [5, 5.41) is 23.2. The SMILES string of the molecule is Cc1nc(COc2cccc(C(=O)Nc3nnc(SCc4ccc(C#N)cc4)s3)c2)cs1. The Hall–Kier alpha value is -3.26. The highest BCUT2D eigenvalue weighted by atomic mass is 32.2. The second-order valence-corrected chi connectivity index (χ2v) is 9.86. The van der Waals surface area contributed by atoms with Crippen molar-refractivity contribution in [1.29, 1.82) is 5.26 Å². The van der Waals surface area contributed by atoms with Gasteiger partial charge in [-0.05, 0) is 42.8 Å². The number of nitrogens with zero attached hydrogens (tertiary/aromatic N) is 4. The van der Waals surface area contributed by atoms with Gasteiger partial charge < -0.3 is 4.74 Å². The number of nitriles is 1. The van der Waals surface area contributed by atoms with E-state index in [1.165, 1.54) is 23.1 Å². The van der Waals surface area contributed by atoms with E-state index in [0.717, 1.165) is 20.6 Å². The molecule has 2 aromatic heterocycles. The number of thiazole rings is 1. The van der Waals surface area contributed by atoms with Gasteiger partial charge in [0.25, 0.3) is 5.91 Å². The lowest BCUT2D eigenvalue weighted by Crippen LogP contribution is -2.11. The summed E-state index contributed by atoms with van der Waals surface area (Å²) in [5.74, 6) is 1.02. The molecule has 0 spiro atoms. The third-order valence-corrected chi connectivity index (χ3v) is 7.09. The molecule has 0 saturated heterocycles. The maximum atomic E-state index is 12.6. The molecule has 0 radical (unpaired) electrons. The van der Waals surface area contributed by atoms with Crippen LogP contribution in [0.1, 0.15) is 32.2 Å². The number of aromatic nitrogens is 3. The molecule has 0 fully saturated rings. The van der Waals surface area contributed by atoms with Gasteiger partial charge in [-0.3, -0.25) is 10.1 Å². The molecule has 0 atom stereocenters. The van der Waals surface area contributed by atoms with Crippen LogP contribution in [-0.2, 0) is 12.4 Å². The van der Waals surface area contributed by atoms with E-state index in [1.807, 2.05) is 24.4 Å². The van der Waals surface area contributed by atoms with E-state index in [4.69, 9.17) is 10.00 Å². The van der Waals surface area contributed by atoms with E-state index in [0.29, 0.717) is 34.4 Å². The number of hydrogen-bond donors (Lipinski definition) is 1. The topological polar surface area (TPSA) is 101 Å². The van der Waals surface area contributed by atoms with E-state index in [1.54, 1.807) is 47.7 Å². The first-order chi connectivity index (χ1) is 15.6. The number of amides is 1. The average molecular weight is 480 g/mol. The van der Waals surface area contributed by atoms with Crippen LogP contribution in [0.25, 0.3) is 0 Å². The Kier molecular flexibility index (Phi) is 7.11. The van der Waals surface area contributed by atoms with Crippen LogP contribution < -0.4 is 10.1 Å². The normalized spacial score (nSPS) is 10.5. The summed E-state index contributed by atoms with van der Waals surface area (Å²) in [4.78, 5) is 17.0. The molecule has 7 nitrogen and oxygen atoms in total. The number of nitrogens with one attached hydrogen (secondary N) is 1. The molecule has 0 aliphatic carbocycles. The van der Waals surface area contributed by atoms with Crippen molar-refractivity contribution in [1.82, 2.24) is 15.2 Å². The van der Waals surface area contributed by atoms with Gasteiger partial charge in [0, 0.05) is 16.7 Å². The van der Waals surface area contributed by atoms with Crippen LogP contribution in [0.5, 0.6) is 5.75 Å². The number of thioether (sulfide) groups is 1. The lowest BCUT2D eigenvalue weighted by Gasteiger charge is -2.06. The second-order valence-electron chi connectivity index (χ2n) is 6.60. The van der Waals surface area contributed by atoms with Gasteiger partial charge in [0.1, 0.15) is 12.4 Å². The van der Waals surface area contributed by atoms with Crippen molar-refractivity contribution in [2.45, 2.75) is 23.6 Å². The van der Waals surface area contributed by atoms with E-state index in [9.17, 15) is 4.79 Å². The smallest absolute Gasteiger partial charge is 0.257 e. The van der Waals surface area contributed by atoms with Gasteiger partial charge in [-0.15, -0.1) is 21.5 Å². The number of carbonyl (C=O) groups is 1. The molecule has 2 heterocycles. The first-order valence-corrected chi connectivity index (χ1v) is 12.2. The molecule has 4 rings (SSSR count). The van der Waals surface area contributed by atoms with E-state index >= 15 is 0 Å². The van der Waals surface area contributed by atoms with Crippen LogP contribution >= 0.6 is 34.4 Å². The number of carbonyl (C=O) groups excluding carboxylic acids is 1. The molecule has 0 aliphatic heterocycles. The molecule has 10 heteroatoms. The van der Waals surface area contributed by atoms with E-state index < -0.39 is 0 Å². The summed E-state index contributed by atoms with van der Waals surface area (Å²) < 4.78 is 6.51. The van der Waals surface area contributed by atoms with Gasteiger partial charge in [0.15, 0.2) is 4.34 Å². The van der Waals surface area contributed by atoms with Crippen molar-refractivity contribution in [2.75, 3.05) is 5.32 Å². The average Bonchev–Trinajstić information content (AvgIpc) is 3.45. The minimum Gasteiger partial charge on any atom is -0.487 e. The minimum absolute atomic E-state index is 0.278. The fraction of sp³-hybridized carbons (Fsp3) is 0.136. The monoisotopic (exact) mass is 479 g/mol. The van der Waals surface area contributed by atoms with Crippen LogP contribution in [0.2, 0.25) is 0 Å². The highest BCUT2D eigenvalue weighted by Crippen LogP contribution is 2.29. The molecule has 0 bridgehead atoms. The zero-order valence-corrected chi connectivity index (χ0v) is 19.4. The summed E-state index contributed by atoms with van der Waals surface area (Å²) in [6, 6.07) is 16.5. The number of ether oxygens (including phenoxy) is 1. The van der Waals surface area contributed by atoms with Crippen molar-refractivity contribution in [2.24, 2.45) is 0 Å². The van der Waals surface area contributed by atoms with Crippen LogP contribution in [0.3, 0.4) is 0 Å². The molecule has 4 aromatic rings. The van der Waals surface area contributed by atoms with Crippen molar-refractivity contribution < 1.29 is 9.53 Å². The van der Waals surface area contributed by atoms with Gasteiger partial charge >= 0.3 is 0 Å². The number of aryl methyl sites for hydroxylation is 1. The Bertz CT molecular complexity index is 1260. The highest BCUT2D eigenvalue weighted by molar-refractivity contribution is 8.00. The summed E-state index contributed by atoms with van der Waals surface area (Å²) >= 11 is 4.41. The standard InChI is InChI=1S/C22H17N5O2S3/c1-14-24-18(13-30-14)11-29-19-4-2-3-17(9-19)20(28)25-21-26-27-22(32-21)31-12-16-7-5-15(10-23)6-8-16/h2-9,13H,11-12H2,1H3,(H,25,26,28). The summed E-state index contributed by atoms with van der Waals surface area (Å²) in [5.41, 5.74) is 3.05. The fourth-order valence-corrected chi connectivity index (χ4v) is 4.97. The molecule has 1 N–H and O–H groups in total. The molecule has 1 amide bonds. The van der Waals surface area contributed by atoms with Crippen LogP contribution in [0.4, 0.5) is 5.13 Å². The molecular formula is C22H17N5O2S3. The molecular weight excluding hydrogens is 462 g/mol. The van der Waals surface area contributed by atoms with Gasteiger partial charge in [-0.2, -0.15) is 5.26 Å². The third-order valence-electron chi connectivity index (χ3n) is 4.22. The Morgan fingerprint density at radius 2 is 2.06 bits per heavy atom. The van der Waals surface area contributed by atoms with E-state index in [2.05, 4.69) is 26.6 Å². The Labute approximate surface area is 197 Å². The first-order valence-electron chi connectivity index (χ1n) is 9.49. The fourth-order valence-electron chi connectivity index (χ4n) is 2.67. The number of anilines is 1. The summed E-state index contributed by atoms with van der Waals surface area (Å²) in [7, 11) is 0. The number of benzene rings is 2. The Morgan fingerprint density at radius 3 is 2.81 bits per heavy atom. The predicted molar refractivity (Wildman–Crippen MR) is 126 cm³/mol. The van der Waals surface area contributed by atoms with Crippen molar-refractivity contribution in [3.05, 3.63) is 81.3 Å². The van der Waals surface area contributed by atoms with Crippen LogP contribution in [0.15, 0.2) is 58.3 Å². The Balaban J connectivity index is 1.31. The molecule has 160 valence electrons. The largest absolute Gasteiger partial charge is 0.487 e. The molecule has 2 aromatic carbocycles. The second kappa shape index (κ2) is 10.4. The van der Waals surface area contributed by atoms with Gasteiger partial charge in [0.2, 0.25) is 5.13 Å². The quantitative estimate of drug-likeness (QED) is 0.270. The third kappa shape index (κ3) is 5.91. The minimum atomic E-state index is -0.278. The predicted octanol–water partition coefficient (Wildman–Crippen LogP) is 5.30. The maximum Gasteiger partial charge on any atom is 0.257 e. The molecule has 0 saturated carbocycles. The van der Waals surface area contributed by atoms with Gasteiger partial charge in [-0.1, -0.05) is 41.3 Å². The highest BCUT2D eigenvalue weighted by Gasteiger charge is 2.12. The lowest BCUT2D eigenvalue weighted by atomic mass is 10.2. The zero-order valence-electron chi connectivity index (χ0n) is 16.9. The molecule has 0 unspecified atom stereocenters. The van der Waals surface area contributed by atoms with Crippen molar-refractivity contribution in [3.8, 4) is 11.8 Å². The van der Waals surface area contributed by atoms with E-state index in [-0.39, 0.29) is 5.91 Å². The number of hydrogen-bond acceptors (Lipinski definition) is 9. The van der Waals surface area contributed by atoms with Crippen molar-refractivity contribution >= 4 is 45.5 Å². The number of rotatable bonds is 8. The molecule has 0 aliphatic rings. The lowest BCUT2D eigenvalue weighted by molar-refractivity contribution is 0.102. The van der Waals surface area contributed by atoms with Gasteiger partial charge in [0.05, 0.1) is 22.3 Å². The summed E-state index contributed by atoms with van der Waals surface area (Å²) in [6.45, 7) is 2.30. The van der Waals surface area contributed by atoms with Crippen LogP contribution in [-0.4, -0.2) is 21.1 Å². The van der Waals surface area contributed by atoms with Gasteiger partial charge in [-0.25, -0.2) is 4.98 Å². The maximum absolute atomic E-state index is 12.6. The molecule has 32 heavy (non-hydrogen) atoms. The van der Waals surface area contributed by atoms with Crippen molar-refractivity contribution in [3.63, 3.8) is 0 Å².